The summed E-state index contributed by atoms with van der Waals surface area (Å²) in [4.78, 5) is 8.44. The third kappa shape index (κ3) is 3.01. The number of thiocarbonyl (C=S) groups is 1. The number of hydrogen-bond acceptors (Lipinski definition) is 5. The number of aromatic nitrogens is 2. The number of rotatable bonds is 4. The third-order valence-corrected chi connectivity index (χ3v) is 2.22. The smallest absolute Gasteiger partial charge is 0.317 e. The van der Waals surface area contributed by atoms with Crippen LogP contribution in [-0.4, -0.2) is 15.0 Å². The molecule has 88 valence electrons. The summed E-state index contributed by atoms with van der Waals surface area (Å²) in [5.41, 5.74) is 6.76. The molecule has 0 aromatic carbocycles. The van der Waals surface area contributed by atoms with E-state index in [0.717, 1.165) is 5.69 Å². The van der Waals surface area contributed by atoms with Gasteiger partial charge in [0.15, 0.2) is 0 Å². The number of nitrogens with two attached hydrogens (primary N) is 1. The molecular formula is C11H11N3O2S. The molecule has 2 heterocycles. The van der Waals surface area contributed by atoms with E-state index in [1.54, 1.807) is 18.4 Å². The van der Waals surface area contributed by atoms with Gasteiger partial charge in [0.1, 0.15) is 23.0 Å². The van der Waals surface area contributed by atoms with E-state index in [0.29, 0.717) is 11.5 Å². The van der Waals surface area contributed by atoms with Crippen LogP contribution in [0.5, 0.6) is 6.01 Å². The molecule has 0 saturated heterocycles. The van der Waals surface area contributed by atoms with Crippen molar-refractivity contribution in [3.8, 4) is 6.01 Å². The quantitative estimate of drug-likeness (QED) is 0.829. The maximum atomic E-state index is 5.51. The highest BCUT2D eigenvalue weighted by Gasteiger charge is 2.06. The SMILES string of the molecule is Cc1cc(C(N)=S)nc(OCc2ccco2)n1. The van der Waals surface area contributed by atoms with Crippen LogP contribution in [0.1, 0.15) is 17.1 Å². The second-order valence-electron chi connectivity index (χ2n) is 3.41. The molecule has 0 aliphatic carbocycles. The van der Waals surface area contributed by atoms with Crippen LogP contribution < -0.4 is 10.5 Å². The summed E-state index contributed by atoms with van der Waals surface area (Å²) >= 11 is 4.86. The molecule has 0 bridgehead atoms. The average molecular weight is 249 g/mol. The third-order valence-electron chi connectivity index (χ3n) is 2.01. The van der Waals surface area contributed by atoms with Crippen LogP contribution >= 0.6 is 12.2 Å². The number of hydrogen-bond donors (Lipinski definition) is 1. The molecule has 0 unspecified atom stereocenters. The van der Waals surface area contributed by atoms with Gasteiger partial charge in [0, 0.05) is 5.69 Å². The fourth-order valence-electron chi connectivity index (χ4n) is 1.26. The lowest BCUT2D eigenvalue weighted by molar-refractivity contribution is 0.249. The van der Waals surface area contributed by atoms with Gasteiger partial charge < -0.3 is 14.9 Å². The second-order valence-corrected chi connectivity index (χ2v) is 3.85. The van der Waals surface area contributed by atoms with Crippen LogP contribution in [-0.2, 0) is 6.61 Å². The minimum atomic E-state index is 0.221. The van der Waals surface area contributed by atoms with E-state index in [-0.39, 0.29) is 17.6 Å². The zero-order valence-electron chi connectivity index (χ0n) is 9.21. The summed E-state index contributed by atoms with van der Waals surface area (Å²) in [5.74, 6) is 0.701. The second kappa shape index (κ2) is 4.92. The molecule has 0 amide bonds. The minimum Gasteiger partial charge on any atom is -0.466 e. The number of nitrogens with zero attached hydrogens (tertiary/aromatic N) is 2. The zero-order valence-corrected chi connectivity index (χ0v) is 10.0. The van der Waals surface area contributed by atoms with Crippen molar-refractivity contribution < 1.29 is 9.15 Å². The van der Waals surface area contributed by atoms with Crippen LogP contribution in [0.3, 0.4) is 0 Å². The fraction of sp³-hybridized carbons (Fsp3) is 0.182. The molecule has 0 atom stereocenters. The molecular weight excluding hydrogens is 238 g/mol. The van der Waals surface area contributed by atoms with Crippen LogP contribution in [0, 0.1) is 6.92 Å². The summed E-state index contributed by atoms with van der Waals surface area (Å²) in [5, 5.41) is 0. The number of ether oxygens (including phenoxy) is 1. The van der Waals surface area contributed by atoms with Crippen molar-refractivity contribution in [3.05, 3.63) is 41.6 Å². The van der Waals surface area contributed by atoms with Gasteiger partial charge in [-0.05, 0) is 25.1 Å². The van der Waals surface area contributed by atoms with Crippen LogP contribution in [0.15, 0.2) is 28.9 Å². The first-order chi connectivity index (χ1) is 8.15. The monoisotopic (exact) mass is 249 g/mol. The van der Waals surface area contributed by atoms with E-state index in [4.69, 9.17) is 27.1 Å². The Morgan fingerprint density at radius 1 is 1.53 bits per heavy atom. The Morgan fingerprint density at radius 2 is 2.35 bits per heavy atom. The molecule has 2 aromatic heterocycles. The molecule has 0 saturated carbocycles. The van der Waals surface area contributed by atoms with Gasteiger partial charge in [0.25, 0.3) is 0 Å². The predicted octanol–water partition coefficient (Wildman–Crippen LogP) is 1.59. The lowest BCUT2D eigenvalue weighted by Crippen LogP contribution is -2.13. The van der Waals surface area contributed by atoms with Crippen molar-refractivity contribution >= 4 is 17.2 Å². The van der Waals surface area contributed by atoms with E-state index >= 15 is 0 Å². The van der Waals surface area contributed by atoms with Crippen LogP contribution in [0.2, 0.25) is 0 Å². The summed E-state index contributed by atoms with van der Waals surface area (Å²) < 4.78 is 10.5. The van der Waals surface area contributed by atoms with Crippen molar-refractivity contribution in [2.24, 2.45) is 5.73 Å². The summed E-state index contributed by atoms with van der Waals surface area (Å²) in [7, 11) is 0. The number of aryl methyl sites for hydroxylation is 1. The van der Waals surface area contributed by atoms with Gasteiger partial charge in [-0.2, -0.15) is 4.98 Å². The molecule has 2 rings (SSSR count). The van der Waals surface area contributed by atoms with Gasteiger partial charge in [0.2, 0.25) is 0 Å². The number of furan rings is 1. The van der Waals surface area contributed by atoms with Crippen molar-refractivity contribution in [1.29, 1.82) is 0 Å². The predicted molar refractivity (Wildman–Crippen MR) is 65.7 cm³/mol. The van der Waals surface area contributed by atoms with Gasteiger partial charge in [-0.3, -0.25) is 0 Å². The Balaban J connectivity index is 2.13. The van der Waals surface area contributed by atoms with Gasteiger partial charge in [-0.1, -0.05) is 12.2 Å². The molecule has 5 nitrogen and oxygen atoms in total. The topological polar surface area (TPSA) is 74.2 Å². The Morgan fingerprint density at radius 3 is 3.00 bits per heavy atom. The van der Waals surface area contributed by atoms with E-state index in [1.807, 2.05) is 13.0 Å². The highest BCUT2D eigenvalue weighted by atomic mass is 32.1. The van der Waals surface area contributed by atoms with Gasteiger partial charge in [0.05, 0.1) is 6.26 Å². The van der Waals surface area contributed by atoms with Crippen LogP contribution in [0.25, 0.3) is 0 Å². The standard InChI is InChI=1S/C11H11N3O2S/c1-7-5-9(10(12)17)14-11(13-7)16-6-8-3-2-4-15-8/h2-5H,6H2,1H3,(H2,12,17). The van der Waals surface area contributed by atoms with Gasteiger partial charge >= 0.3 is 6.01 Å². The normalized spacial score (nSPS) is 10.2. The Hall–Kier alpha value is -1.95. The molecule has 2 aromatic rings. The largest absolute Gasteiger partial charge is 0.466 e. The van der Waals surface area contributed by atoms with Crippen molar-refractivity contribution in [3.63, 3.8) is 0 Å². The Bertz CT molecular complexity index is 526. The highest BCUT2D eigenvalue weighted by molar-refractivity contribution is 7.80. The maximum Gasteiger partial charge on any atom is 0.317 e. The van der Waals surface area contributed by atoms with Crippen molar-refractivity contribution in [1.82, 2.24) is 9.97 Å². The molecule has 2 N–H and O–H groups in total. The minimum absolute atomic E-state index is 0.221. The first-order valence-electron chi connectivity index (χ1n) is 4.96. The summed E-state index contributed by atoms with van der Waals surface area (Å²) in [6.07, 6.45) is 1.58. The molecule has 0 radical (unpaired) electrons. The zero-order chi connectivity index (χ0) is 12.3. The molecule has 0 spiro atoms. The van der Waals surface area contributed by atoms with Crippen molar-refractivity contribution in [2.45, 2.75) is 13.5 Å². The maximum absolute atomic E-state index is 5.51. The first kappa shape index (κ1) is 11.5. The average Bonchev–Trinajstić information content (AvgIpc) is 2.78. The van der Waals surface area contributed by atoms with E-state index in [2.05, 4.69) is 9.97 Å². The van der Waals surface area contributed by atoms with Gasteiger partial charge in [-0.15, -0.1) is 0 Å². The Kier molecular flexibility index (Phi) is 3.34. The highest BCUT2D eigenvalue weighted by Crippen LogP contribution is 2.10. The Labute approximate surface area is 104 Å². The molecule has 0 fully saturated rings. The van der Waals surface area contributed by atoms with Gasteiger partial charge in [-0.25, -0.2) is 4.98 Å². The molecule has 0 aliphatic rings. The summed E-state index contributed by atoms with van der Waals surface area (Å²) in [6.45, 7) is 2.09. The van der Waals surface area contributed by atoms with Crippen LogP contribution in [0.4, 0.5) is 0 Å². The lowest BCUT2D eigenvalue weighted by Gasteiger charge is -2.05. The molecule has 0 aliphatic heterocycles. The first-order valence-corrected chi connectivity index (χ1v) is 5.36. The molecule has 6 heteroatoms. The summed E-state index contributed by atoms with van der Waals surface area (Å²) in [6, 6.07) is 5.55. The lowest BCUT2D eigenvalue weighted by atomic mass is 10.3. The van der Waals surface area contributed by atoms with E-state index in [9.17, 15) is 0 Å². The fourth-order valence-corrected chi connectivity index (χ4v) is 1.37. The van der Waals surface area contributed by atoms with Crippen molar-refractivity contribution in [2.75, 3.05) is 0 Å². The van der Waals surface area contributed by atoms with E-state index < -0.39 is 0 Å². The molecule has 17 heavy (non-hydrogen) atoms. The van der Waals surface area contributed by atoms with E-state index in [1.165, 1.54) is 0 Å².